The Hall–Kier alpha value is -4.22. The van der Waals surface area contributed by atoms with Gasteiger partial charge in [0, 0.05) is 16.2 Å². The van der Waals surface area contributed by atoms with Crippen molar-refractivity contribution >= 4 is 111 Å². The third kappa shape index (κ3) is 4.02. The molecule has 5 aromatic carbocycles. The van der Waals surface area contributed by atoms with Gasteiger partial charge in [-0.05, 0) is 48.0 Å². The van der Waals surface area contributed by atoms with Crippen molar-refractivity contribution in [2.45, 2.75) is 0 Å². The fourth-order valence-electron chi connectivity index (χ4n) is 5.18. The van der Waals surface area contributed by atoms with Gasteiger partial charge in [0.25, 0.3) is 0 Å². The number of rotatable bonds is 4. The molecule has 0 bridgehead atoms. The lowest BCUT2D eigenvalue weighted by atomic mass is 9.60. The minimum Gasteiger partial charge on any atom is -0.456 e. The first-order valence-corrected chi connectivity index (χ1v) is 13.1. The van der Waals surface area contributed by atoms with E-state index in [1.165, 1.54) is 0 Å². The molecule has 2 heterocycles. The molecular weight excluding hydrogens is 522 g/mol. The van der Waals surface area contributed by atoms with Crippen LogP contribution in [0.15, 0.2) is 89.3 Å². The number of nitrogens with zero attached hydrogens (tertiary/aromatic N) is 2. The molecule has 0 aliphatic heterocycles. The van der Waals surface area contributed by atoms with Crippen molar-refractivity contribution in [1.82, 2.24) is 9.78 Å². The summed E-state index contributed by atoms with van der Waals surface area (Å²) in [5.41, 5.74) is 4.70. The van der Waals surface area contributed by atoms with E-state index < -0.39 is 0 Å². The van der Waals surface area contributed by atoms with Gasteiger partial charge in [-0.25, -0.2) is 4.68 Å². The van der Waals surface area contributed by atoms with E-state index in [9.17, 15) is 0 Å². The Kier molecular flexibility index (Phi) is 6.09. The highest BCUT2D eigenvalue weighted by Crippen LogP contribution is 2.38. The lowest BCUT2D eigenvalue weighted by molar-refractivity contribution is 0.483. The number of ether oxygens (including phenoxy) is 1. The average molecular weight is 536 g/mol. The molecule has 0 atom stereocenters. The first kappa shape index (κ1) is 25.7. The second kappa shape index (κ2) is 9.71. The minimum atomic E-state index is 0.141. The van der Waals surface area contributed by atoms with Crippen molar-refractivity contribution < 1.29 is 9.15 Å². The molecule has 0 N–H and O–H groups in total. The van der Waals surface area contributed by atoms with Gasteiger partial charge in [0.15, 0.2) is 0 Å². The summed E-state index contributed by atoms with van der Waals surface area (Å²) in [5.74, 6) is 1.07. The molecule has 0 spiro atoms. The van der Waals surface area contributed by atoms with Crippen molar-refractivity contribution in [1.29, 1.82) is 0 Å². The SMILES string of the molecule is [B]c1c([B])c([B])c(-c2nn(-c3cccc(Oc4ccc5oc6ccccc6c5c4)c3Cl)c3ccccc23)c([B])c1[B]. The third-order valence-corrected chi connectivity index (χ3v) is 7.65. The molecule has 0 saturated heterocycles. The van der Waals surface area contributed by atoms with Gasteiger partial charge in [-0.3, -0.25) is 0 Å². The number of para-hydroxylation sites is 2. The molecule has 0 amide bonds. The molecule has 0 fully saturated rings. The monoisotopic (exact) mass is 536 g/mol. The maximum absolute atomic E-state index is 6.96. The smallest absolute Gasteiger partial charge is 0.148 e. The zero-order valence-corrected chi connectivity index (χ0v) is 22.3. The van der Waals surface area contributed by atoms with Crippen LogP contribution >= 0.6 is 11.6 Å². The van der Waals surface area contributed by atoms with Gasteiger partial charge >= 0.3 is 0 Å². The lowest BCUT2D eigenvalue weighted by Crippen LogP contribution is -2.55. The Morgan fingerprint density at radius 3 is 2.10 bits per heavy atom. The molecule has 0 saturated carbocycles. The Balaban J connectivity index is 1.36. The Labute approximate surface area is 247 Å². The summed E-state index contributed by atoms with van der Waals surface area (Å²) < 4.78 is 13.9. The maximum Gasteiger partial charge on any atom is 0.148 e. The molecule has 182 valence electrons. The highest BCUT2D eigenvalue weighted by Gasteiger charge is 2.21. The van der Waals surface area contributed by atoms with Crippen molar-refractivity contribution in [2.24, 2.45) is 0 Å². The number of halogens is 1. The first-order chi connectivity index (χ1) is 19.8. The topological polar surface area (TPSA) is 40.2 Å². The van der Waals surface area contributed by atoms with E-state index in [1.807, 2.05) is 78.9 Å². The molecule has 41 heavy (non-hydrogen) atoms. The Morgan fingerprint density at radius 2 is 1.32 bits per heavy atom. The molecular formula is C31H14B5ClN2O2. The van der Waals surface area contributed by atoms with Crippen molar-refractivity contribution in [3.05, 3.63) is 90.0 Å². The number of hydrogen-bond acceptors (Lipinski definition) is 3. The lowest BCUT2D eigenvalue weighted by Gasteiger charge is -2.20. The van der Waals surface area contributed by atoms with E-state index in [-0.39, 0.29) is 27.3 Å². The van der Waals surface area contributed by atoms with Crippen LogP contribution in [0.5, 0.6) is 11.5 Å². The van der Waals surface area contributed by atoms with Gasteiger partial charge < -0.3 is 9.15 Å². The van der Waals surface area contributed by atoms with Gasteiger partial charge in [-0.2, -0.15) is 5.10 Å². The Bertz CT molecular complexity index is 2140. The van der Waals surface area contributed by atoms with Gasteiger partial charge in [0.2, 0.25) is 0 Å². The van der Waals surface area contributed by atoms with Crippen LogP contribution in [0, 0.1) is 0 Å². The van der Waals surface area contributed by atoms with E-state index in [4.69, 9.17) is 65.1 Å². The second-order valence-corrected chi connectivity index (χ2v) is 10.0. The van der Waals surface area contributed by atoms with Crippen molar-refractivity contribution in [2.75, 3.05) is 0 Å². The van der Waals surface area contributed by atoms with E-state index in [1.54, 1.807) is 10.7 Å². The van der Waals surface area contributed by atoms with E-state index in [0.717, 1.165) is 32.8 Å². The number of fused-ring (bicyclic) bond motifs is 4. The fourth-order valence-corrected chi connectivity index (χ4v) is 5.42. The summed E-state index contributed by atoms with van der Waals surface area (Å²) in [7, 11) is 31.1. The van der Waals surface area contributed by atoms with E-state index >= 15 is 0 Å². The summed E-state index contributed by atoms with van der Waals surface area (Å²) in [6.45, 7) is 0. The molecule has 4 nitrogen and oxygen atoms in total. The molecule has 7 rings (SSSR count). The van der Waals surface area contributed by atoms with Crippen LogP contribution in [-0.4, -0.2) is 49.0 Å². The molecule has 0 aliphatic carbocycles. The van der Waals surface area contributed by atoms with Crippen LogP contribution in [0.4, 0.5) is 0 Å². The summed E-state index contributed by atoms with van der Waals surface area (Å²) in [4.78, 5) is 0. The van der Waals surface area contributed by atoms with Crippen LogP contribution < -0.4 is 32.1 Å². The van der Waals surface area contributed by atoms with Gasteiger partial charge in [-0.15, -0.1) is 16.4 Å². The van der Waals surface area contributed by atoms with Crippen LogP contribution in [0.25, 0.3) is 49.8 Å². The van der Waals surface area contributed by atoms with Gasteiger partial charge in [0.05, 0.1) is 16.9 Å². The fraction of sp³-hybridized carbons (Fsp3) is 0. The summed E-state index contributed by atoms with van der Waals surface area (Å²) >= 11 is 6.96. The van der Waals surface area contributed by atoms with Crippen LogP contribution in [0.2, 0.25) is 5.02 Å². The molecule has 10 radical (unpaired) electrons. The summed E-state index contributed by atoms with van der Waals surface area (Å²) in [5, 5.41) is 7.98. The molecule has 7 aromatic rings. The maximum atomic E-state index is 6.96. The average Bonchev–Trinajstić information content (AvgIpc) is 3.55. The number of benzene rings is 5. The first-order valence-electron chi connectivity index (χ1n) is 12.7. The zero-order valence-electron chi connectivity index (χ0n) is 21.6. The normalized spacial score (nSPS) is 11.5. The predicted molar refractivity (Wildman–Crippen MR) is 172 cm³/mol. The summed E-state index contributed by atoms with van der Waals surface area (Å²) in [6, 6.07) is 26.7. The highest BCUT2D eigenvalue weighted by molar-refractivity contribution is 6.68. The zero-order chi connectivity index (χ0) is 28.4. The molecule has 2 aromatic heterocycles. The third-order valence-electron chi connectivity index (χ3n) is 7.27. The number of aromatic nitrogens is 2. The highest BCUT2D eigenvalue weighted by atomic mass is 35.5. The van der Waals surface area contributed by atoms with E-state index in [0.29, 0.717) is 33.5 Å². The van der Waals surface area contributed by atoms with Crippen LogP contribution in [0.3, 0.4) is 0 Å². The summed E-state index contributed by atoms with van der Waals surface area (Å²) in [6.07, 6.45) is 0. The van der Waals surface area contributed by atoms with Crippen LogP contribution in [-0.2, 0) is 0 Å². The largest absolute Gasteiger partial charge is 0.456 e. The predicted octanol–water partition coefficient (Wildman–Crippen LogP) is 3.01. The standard InChI is InChI=1S/C31H14B5ClN2O2/c32-25-24(26(33)28(35)29(36)27(25)34)31-17-7-1-3-8-19(17)39(38-31)20-9-5-11-23(30(20)37)40-15-12-13-22-18(14-15)16-6-2-4-10-21(16)41-22/h1-14H. The van der Waals surface area contributed by atoms with Crippen LogP contribution in [0.1, 0.15) is 0 Å². The van der Waals surface area contributed by atoms with Crippen molar-refractivity contribution in [3.63, 3.8) is 0 Å². The quantitative estimate of drug-likeness (QED) is 0.325. The van der Waals surface area contributed by atoms with Gasteiger partial charge in [-0.1, -0.05) is 65.0 Å². The number of hydrogen-bond donors (Lipinski definition) is 0. The second-order valence-electron chi connectivity index (χ2n) is 9.67. The molecule has 0 unspecified atom stereocenters. The number of furan rings is 1. The van der Waals surface area contributed by atoms with E-state index in [2.05, 4.69) is 0 Å². The molecule has 0 aliphatic rings. The molecule has 10 heteroatoms. The minimum absolute atomic E-state index is 0.141. The Morgan fingerprint density at radius 1 is 0.659 bits per heavy atom. The van der Waals surface area contributed by atoms with Gasteiger partial charge in [0.1, 0.15) is 66.9 Å². The van der Waals surface area contributed by atoms with Crippen molar-refractivity contribution in [3.8, 4) is 28.4 Å².